The summed E-state index contributed by atoms with van der Waals surface area (Å²) in [6.07, 6.45) is 1.70. The Morgan fingerprint density at radius 2 is 1.92 bits per heavy atom. The molecule has 0 saturated heterocycles. The Labute approximate surface area is 143 Å². The van der Waals surface area contributed by atoms with Crippen LogP contribution in [-0.2, 0) is 22.5 Å². The minimum atomic E-state index is -0.537. The molecular weight excluding hydrogens is 306 g/mol. The zero-order valence-corrected chi connectivity index (χ0v) is 14.5. The van der Waals surface area contributed by atoms with E-state index in [1.165, 1.54) is 0 Å². The molecular formula is C19H25NO4. The van der Waals surface area contributed by atoms with Crippen LogP contribution in [0.5, 0.6) is 0 Å². The van der Waals surface area contributed by atoms with Crippen molar-refractivity contribution in [3.63, 3.8) is 0 Å². The van der Waals surface area contributed by atoms with Gasteiger partial charge in [-0.1, -0.05) is 30.3 Å². The molecule has 0 aliphatic rings. The summed E-state index contributed by atoms with van der Waals surface area (Å²) >= 11 is 0. The lowest BCUT2D eigenvalue weighted by Crippen LogP contribution is -2.42. The minimum Gasteiger partial charge on any atom is -0.469 e. The van der Waals surface area contributed by atoms with Gasteiger partial charge < -0.3 is 19.2 Å². The van der Waals surface area contributed by atoms with E-state index < -0.39 is 11.7 Å². The predicted octanol–water partition coefficient (Wildman–Crippen LogP) is 3.93. The van der Waals surface area contributed by atoms with E-state index in [9.17, 15) is 4.79 Å². The topological polar surface area (TPSA) is 60.7 Å². The first-order chi connectivity index (χ1) is 11.4. The third-order valence-electron chi connectivity index (χ3n) is 3.18. The van der Waals surface area contributed by atoms with Crippen molar-refractivity contribution in [2.75, 3.05) is 6.61 Å². The van der Waals surface area contributed by atoms with Crippen molar-refractivity contribution >= 4 is 6.09 Å². The molecule has 0 aliphatic heterocycles. The summed E-state index contributed by atoms with van der Waals surface area (Å²) in [5.74, 6) is 0.791. The number of rotatable bonds is 7. The van der Waals surface area contributed by atoms with E-state index >= 15 is 0 Å². The highest BCUT2D eigenvalue weighted by Crippen LogP contribution is 2.10. The smallest absolute Gasteiger partial charge is 0.407 e. The van der Waals surface area contributed by atoms with Crippen molar-refractivity contribution in [1.82, 2.24) is 5.32 Å². The van der Waals surface area contributed by atoms with Crippen LogP contribution < -0.4 is 5.32 Å². The highest BCUT2D eigenvalue weighted by Gasteiger charge is 2.20. The van der Waals surface area contributed by atoms with E-state index in [0.717, 1.165) is 11.3 Å². The molecule has 1 aromatic carbocycles. The number of carbonyl (C=O) groups excluding carboxylic acids is 1. The van der Waals surface area contributed by atoms with Crippen LogP contribution in [0.15, 0.2) is 53.1 Å². The summed E-state index contributed by atoms with van der Waals surface area (Å²) in [6.45, 7) is 6.36. The minimum absolute atomic E-state index is 0.227. The van der Waals surface area contributed by atoms with Gasteiger partial charge in [0.1, 0.15) is 11.4 Å². The Kier molecular flexibility index (Phi) is 6.44. The Hall–Kier alpha value is -2.27. The lowest BCUT2D eigenvalue weighted by Gasteiger charge is -2.23. The summed E-state index contributed by atoms with van der Waals surface area (Å²) in [5, 5.41) is 2.85. The molecule has 0 radical (unpaired) electrons. The number of furan rings is 1. The average Bonchev–Trinajstić information content (AvgIpc) is 2.99. The average molecular weight is 331 g/mol. The van der Waals surface area contributed by atoms with E-state index in [-0.39, 0.29) is 6.04 Å². The van der Waals surface area contributed by atoms with E-state index in [1.807, 2.05) is 63.2 Å². The first kappa shape index (κ1) is 18.1. The number of carbonyl (C=O) groups is 1. The van der Waals surface area contributed by atoms with Gasteiger partial charge in [-0.3, -0.25) is 0 Å². The molecule has 24 heavy (non-hydrogen) atoms. The summed E-state index contributed by atoms with van der Waals surface area (Å²) < 4.78 is 16.4. The molecule has 2 rings (SSSR count). The maximum absolute atomic E-state index is 12.0. The predicted molar refractivity (Wildman–Crippen MR) is 91.7 cm³/mol. The maximum Gasteiger partial charge on any atom is 0.407 e. The lowest BCUT2D eigenvalue weighted by atomic mass is 10.2. The van der Waals surface area contributed by atoms with Crippen molar-refractivity contribution in [2.24, 2.45) is 0 Å². The van der Waals surface area contributed by atoms with Crippen molar-refractivity contribution in [1.29, 1.82) is 0 Å². The number of ether oxygens (including phenoxy) is 2. The van der Waals surface area contributed by atoms with Crippen molar-refractivity contribution < 1.29 is 18.7 Å². The maximum atomic E-state index is 12.0. The fourth-order valence-electron chi connectivity index (χ4n) is 2.19. The van der Waals surface area contributed by atoms with Crippen molar-refractivity contribution in [3.8, 4) is 0 Å². The van der Waals surface area contributed by atoms with Gasteiger partial charge in [0.15, 0.2) is 0 Å². The van der Waals surface area contributed by atoms with Gasteiger partial charge in [-0.25, -0.2) is 4.79 Å². The number of alkyl carbamates (subject to hydrolysis) is 1. The largest absolute Gasteiger partial charge is 0.469 e. The molecule has 5 nitrogen and oxygen atoms in total. The second-order valence-electron chi connectivity index (χ2n) is 6.63. The molecule has 0 fully saturated rings. The van der Waals surface area contributed by atoms with Gasteiger partial charge in [0.2, 0.25) is 0 Å². The Morgan fingerprint density at radius 3 is 2.54 bits per heavy atom. The quantitative estimate of drug-likeness (QED) is 0.835. The molecule has 0 saturated carbocycles. The zero-order chi connectivity index (χ0) is 17.4. The number of hydrogen-bond donors (Lipinski definition) is 1. The molecule has 1 aromatic heterocycles. The first-order valence-electron chi connectivity index (χ1n) is 8.06. The molecule has 5 heteroatoms. The highest BCUT2D eigenvalue weighted by molar-refractivity contribution is 5.68. The van der Waals surface area contributed by atoms with E-state index in [1.54, 1.807) is 6.26 Å². The molecule has 1 unspecified atom stereocenters. The molecule has 1 N–H and O–H groups in total. The molecule has 0 bridgehead atoms. The van der Waals surface area contributed by atoms with Gasteiger partial charge in [0.05, 0.1) is 25.5 Å². The van der Waals surface area contributed by atoms with E-state index in [2.05, 4.69) is 5.32 Å². The van der Waals surface area contributed by atoms with Gasteiger partial charge in [-0.15, -0.1) is 0 Å². The van der Waals surface area contributed by atoms with E-state index in [4.69, 9.17) is 13.9 Å². The van der Waals surface area contributed by atoms with Crippen LogP contribution in [0.25, 0.3) is 0 Å². The molecule has 1 atom stereocenters. The molecule has 1 amide bonds. The first-order valence-corrected chi connectivity index (χ1v) is 8.06. The number of amides is 1. The van der Waals surface area contributed by atoms with Gasteiger partial charge in [-0.2, -0.15) is 0 Å². The monoisotopic (exact) mass is 331 g/mol. The van der Waals surface area contributed by atoms with Crippen molar-refractivity contribution in [3.05, 3.63) is 60.1 Å². The second kappa shape index (κ2) is 8.55. The van der Waals surface area contributed by atoms with Crippen LogP contribution in [0.2, 0.25) is 0 Å². The Balaban J connectivity index is 1.88. The van der Waals surface area contributed by atoms with Gasteiger partial charge in [-0.05, 0) is 38.5 Å². The molecule has 2 aromatic rings. The zero-order valence-electron chi connectivity index (χ0n) is 14.5. The van der Waals surface area contributed by atoms with Gasteiger partial charge >= 0.3 is 6.09 Å². The van der Waals surface area contributed by atoms with Crippen LogP contribution in [0.1, 0.15) is 32.1 Å². The fraction of sp³-hybridized carbons (Fsp3) is 0.421. The van der Waals surface area contributed by atoms with E-state index in [0.29, 0.717) is 19.6 Å². The summed E-state index contributed by atoms with van der Waals surface area (Å²) in [4.78, 5) is 12.0. The standard InChI is InChI=1S/C19H25NO4/c1-19(2,3)24-18(21)20-16(12-17-10-7-11-23-17)14-22-13-15-8-5-4-6-9-15/h4-11,16H,12-14H2,1-3H3,(H,20,21). The fourth-order valence-corrected chi connectivity index (χ4v) is 2.19. The summed E-state index contributed by atoms with van der Waals surface area (Å²) in [5.41, 5.74) is 0.552. The summed E-state index contributed by atoms with van der Waals surface area (Å²) in [7, 11) is 0. The molecule has 130 valence electrons. The van der Waals surface area contributed by atoms with Crippen LogP contribution >= 0.6 is 0 Å². The number of benzene rings is 1. The molecule has 1 heterocycles. The number of hydrogen-bond acceptors (Lipinski definition) is 4. The van der Waals surface area contributed by atoms with Crippen LogP contribution in [-0.4, -0.2) is 24.3 Å². The van der Waals surface area contributed by atoms with Crippen LogP contribution in [0.3, 0.4) is 0 Å². The normalized spacial score (nSPS) is 12.6. The molecule has 0 spiro atoms. The molecule has 0 aliphatic carbocycles. The third kappa shape index (κ3) is 6.87. The van der Waals surface area contributed by atoms with Crippen molar-refractivity contribution in [2.45, 2.75) is 45.4 Å². The van der Waals surface area contributed by atoms with Crippen LogP contribution in [0.4, 0.5) is 4.79 Å². The SMILES string of the molecule is CC(C)(C)OC(=O)NC(COCc1ccccc1)Cc1ccco1. The van der Waals surface area contributed by atoms with Gasteiger partial charge in [0, 0.05) is 6.42 Å². The van der Waals surface area contributed by atoms with Gasteiger partial charge in [0.25, 0.3) is 0 Å². The summed E-state index contributed by atoms with van der Waals surface area (Å²) in [6, 6.07) is 13.4. The highest BCUT2D eigenvalue weighted by atomic mass is 16.6. The Morgan fingerprint density at radius 1 is 1.17 bits per heavy atom. The lowest BCUT2D eigenvalue weighted by molar-refractivity contribution is 0.0426. The third-order valence-corrected chi connectivity index (χ3v) is 3.18. The van der Waals surface area contributed by atoms with Crippen LogP contribution in [0, 0.1) is 0 Å². The number of nitrogens with one attached hydrogen (secondary N) is 1. The Bertz CT molecular complexity index is 602. The second-order valence-corrected chi connectivity index (χ2v) is 6.63.